The zero-order chi connectivity index (χ0) is 14.2. The average molecular weight is 291 g/mol. The van der Waals surface area contributed by atoms with Crippen molar-refractivity contribution in [1.29, 1.82) is 0 Å². The lowest BCUT2D eigenvalue weighted by Gasteiger charge is -2.18. The standard InChI is InChI=1S/C16H19ClN2O/c1-2-7-16(8-9-16)11-19-14(10-17)18-13-6-4-3-5-12(13)15(19)20/h3-6H,2,7-11H2,1H3. The van der Waals surface area contributed by atoms with Crippen molar-refractivity contribution >= 4 is 22.5 Å². The van der Waals surface area contributed by atoms with E-state index in [0.29, 0.717) is 16.6 Å². The first-order valence-electron chi connectivity index (χ1n) is 7.23. The fourth-order valence-corrected chi connectivity index (χ4v) is 3.21. The molecule has 1 heterocycles. The van der Waals surface area contributed by atoms with Gasteiger partial charge in [0.2, 0.25) is 0 Å². The summed E-state index contributed by atoms with van der Waals surface area (Å²) in [6.07, 6.45) is 4.75. The van der Waals surface area contributed by atoms with Crippen molar-refractivity contribution < 1.29 is 0 Å². The van der Waals surface area contributed by atoms with Crippen LogP contribution in [0.4, 0.5) is 0 Å². The Morgan fingerprint density at radius 3 is 2.75 bits per heavy atom. The molecule has 1 saturated carbocycles. The zero-order valence-corrected chi connectivity index (χ0v) is 12.5. The predicted molar refractivity (Wildman–Crippen MR) is 82.1 cm³/mol. The minimum absolute atomic E-state index is 0.0497. The van der Waals surface area contributed by atoms with Crippen molar-refractivity contribution in [2.75, 3.05) is 0 Å². The monoisotopic (exact) mass is 290 g/mol. The summed E-state index contributed by atoms with van der Waals surface area (Å²) in [6, 6.07) is 7.50. The van der Waals surface area contributed by atoms with E-state index in [2.05, 4.69) is 11.9 Å². The second-order valence-electron chi connectivity index (χ2n) is 5.82. The van der Waals surface area contributed by atoms with Gasteiger partial charge in [-0.25, -0.2) is 4.98 Å². The smallest absolute Gasteiger partial charge is 0.261 e. The van der Waals surface area contributed by atoms with Gasteiger partial charge in [0.1, 0.15) is 5.82 Å². The van der Waals surface area contributed by atoms with E-state index in [0.717, 1.165) is 18.5 Å². The number of nitrogens with zero attached hydrogens (tertiary/aromatic N) is 2. The molecule has 0 aliphatic heterocycles. The van der Waals surface area contributed by atoms with Crippen LogP contribution in [0.15, 0.2) is 29.1 Å². The first-order valence-corrected chi connectivity index (χ1v) is 7.77. The largest absolute Gasteiger partial charge is 0.295 e. The van der Waals surface area contributed by atoms with Crippen LogP contribution in [0.2, 0.25) is 0 Å². The van der Waals surface area contributed by atoms with E-state index in [9.17, 15) is 4.79 Å². The zero-order valence-electron chi connectivity index (χ0n) is 11.7. The number of aromatic nitrogens is 2. The van der Waals surface area contributed by atoms with E-state index >= 15 is 0 Å². The van der Waals surface area contributed by atoms with Crippen LogP contribution >= 0.6 is 11.6 Å². The van der Waals surface area contributed by atoms with Crippen molar-refractivity contribution in [1.82, 2.24) is 9.55 Å². The minimum atomic E-state index is 0.0497. The highest BCUT2D eigenvalue weighted by molar-refractivity contribution is 6.16. The maximum atomic E-state index is 12.7. The number of rotatable bonds is 5. The summed E-state index contributed by atoms with van der Waals surface area (Å²) < 4.78 is 1.80. The summed E-state index contributed by atoms with van der Waals surface area (Å²) in [4.78, 5) is 17.2. The Morgan fingerprint density at radius 1 is 1.35 bits per heavy atom. The van der Waals surface area contributed by atoms with E-state index in [1.807, 2.05) is 24.3 Å². The third-order valence-corrected chi connectivity index (χ3v) is 4.53. The topological polar surface area (TPSA) is 34.9 Å². The lowest BCUT2D eigenvalue weighted by molar-refractivity contribution is 0.375. The summed E-state index contributed by atoms with van der Waals surface area (Å²) in [5.74, 6) is 0.972. The molecule has 0 atom stereocenters. The van der Waals surface area contributed by atoms with Crippen LogP contribution < -0.4 is 5.56 Å². The van der Waals surface area contributed by atoms with Crippen LogP contribution in [0.25, 0.3) is 10.9 Å². The van der Waals surface area contributed by atoms with E-state index in [1.54, 1.807) is 4.57 Å². The quantitative estimate of drug-likeness (QED) is 0.787. The van der Waals surface area contributed by atoms with E-state index < -0.39 is 0 Å². The van der Waals surface area contributed by atoms with Gasteiger partial charge in [0, 0.05) is 6.54 Å². The van der Waals surface area contributed by atoms with Crippen LogP contribution in [0.5, 0.6) is 0 Å². The molecule has 1 aliphatic rings. The number of para-hydroxylation sites is 1. The Kier molecular flexibility index (Phi) is 3.55. The van der Waals surface area contributed by atoms with Crippen LogP contribution in [0, 0.1) is 5.41 Å². The van der Waals surface area contributed by atoms with E-state index in [1.165, 1.54) is 19.3 Å². The van der Waals surface area contributed by atoms with Gasteiger partial charge in [0.05, 0.1) is 16.8 Å². The molecular weight excluding hydrogens is 272 g/mol. The Balaban J connectivity index is 2.09. The molecule has 0 spiro atoms. The van der Waals surface area contributed by atoms with Gasteiger partial charge < -0.3 is 0 Å². The molecule has 1 aliphatic carbocycles. The van der Waals surface area contributed by atoms with Crippen LogP contribution in [-0.4, -0.2) is 9.55 Å². The summed E-state index contributed by atoms with van der Waals surface area (Å²) in [5.41, 5.74) is 1.10. The number of alkyl halides is 1. The highest BCUT2D eigenvalue weighted by atomic mass is 35.5. The molecular formula is C16H19ClN2O. The number of fused-ring (bicyclic) bond motifs is 1. The molecule has 1 fully saturated rings. The molecule has 0 saturated heterocycles. The summed E-state index contributed by atoms with van der Waals surface area (Å²) in [5, 5.41) is 0.689. The van der Waals surface area contributed by atoms with Gasteiger partial charge in [-0.15, -0.1) is 11.6 Å². The molecule has 106 valence electrons. The molecule has 2 aromatic rings. The Bertz CT molecular complexity index is 688. The Labute approximate surface area is 123 Å². The lowest BCUT2D eigenvalue weighted by atomic mass is 10.0. The molecule has 0 amide bonds. The maximum Gasteiger partial charge on any atom is 0.261 e. The van der Waals surface area contributed by atoms with Crippen molar-refractivity contribution in [3.05, 3.63) is 40.4 Å². The van der Waals surface area contributed by atoms with Crippen molar-refractivity contribution in [3.63, 3.8) is 0 Å². The predicted octanol–water partition coefficient (Wildman–Crippen LogP) is 3.72. The summed E-state index contributed by atoms with van der Waals surface area (Å²) in [7, 11) is 0. The summed E-state index contributed by atoms with van der Waals surface area (Å²) in [6.45, 7) is 2.96. The highest BCUT2D eigenvalue weighted by Crippen LogP contribution is 2.50. The van der Waals surface area contributed by atoms with E-state index in [-0.39, 0.29) is 11.4 Å². The van der Waals surface area contributed by atoms with Gasteiger partial charge in [-0.3, -0.25) is 9.36 Å². The van der Waals surface area contributed by atoms with Gasteiger partial charge in [-0.05, 0) is 36.8 Å². The number of hydrogen-bond donors (Lipinski definition) is 0. The third kappa shape index (κ3) is 2.35. The van der Waals surface area contributed by atoms with E-state index in [4.69, 9.17) is 11.6 Å². The molecule has 0 unspecified atom stereocenters. The maximum absolute atomic E-state index is 12.7. The third-order valence-electron chi connectivity index (χ3n) is 4.29. The molecule has 0 N–H and O–H groups in total. The first kappa shape index (κ1) is 13.6. The first-order chi connectivity index (χ1) is 9.69. The van der Waals surface area contributed by atoms with Gasteiger partial charge in [0.25, 0.3) is 5.56 Å². The van der Waals surface area contributed by atoms with Crippen LogP contribution in [0.1, 0.15) is 38.4 Å². The van der Waals surface area contributed by atoms with Crippen LogP contribution in [-0.2, 0) is 12.4 Å². The van der Waals surface area contributed by atoms with Crippen molar-refractivity contribution in [3.8, 4) is 0 Å². The van der Waals surface area contributed by atoms with Crippen molar-refractivity contribution in [2.24, 2.45) is 5.41 Å². The second kappa shape index (κ2) is 5.21. The second-order valence-corrected chi connectivity index (χ2v) is 6.09. The number of hydrogen-bond acceptors (Lipinski definition) is 2. The normalized spacial score (nSPS) is 16.5. The Morgan fingerprint density at radius 2 is 2.10 bits per heavy atom. The molecule has 0 bridgehead atoms. The SMILES string of the molecule is CCCC1(Cn2c(CCl)nc3ccccc3c2=O)CC1. The van der Waals surface area contributed by atoms with Gasteiger partial charge in [0.15, 0.2) is 0 Å². The molecule has 20 heavy (non-hydrogen) atoms. The number of halogens is 1. The lowest BCUT2D eigenvalue weighted by Crippen LogP contribution is -2.28. The Hall–Kier alpha value is -1.35. The highest BCUT2D eigenvalue weighted by Gasteiger charge is 2.42. The minimum Gasteiger partial charge on any atom is -0.295 e. The van der Waals surface area contributed by atoms with Gasteiger partial charge >= 0.3 is 0 Å². The molecule has 3 nitrogen and oxygen atoms in total. The molecule has 4 heteroatoms. The molecule has 0 radical (unpaired) electrons. The fourth-order valence-electron chi connectivity index (χ4n) is 3.01. The van der Waals surface area contributed by atoms with Gasteiger partial charge in [-0.1, -0.05) is 25.5 Å². The number of benzene rings is 1. The summed E-state index contributed by atoms with van der Waals surface area (Å²) >= 11 is 6.01. The van der Waals surface area contributed by atoms with Gasteiger partial charge in [-0.2, -0.15) is 0 Å². The molecule has 1 aromatic carbocycles. The molecule has 1 aromatic heterocycles. The fraction of sp³-hybridized carbons (Fsp3) is 0.500. The average Bonchev–Trinajstić information content (AvgIpc) is 3.22. The van der Waals surface area contributed by atoms with Crippen LogP contribution in [0.3, 0.4) is 0 Å². The molecule has 3 rings (SSSR count). The van der Waals surface area contributed by atoms with Crippen molar-refractivity contribution in [2.45, 2.75) is 45.0 Å².